The van der Waals surface area contributed by atoms with Crippen LogP contribution in [-0.4, -0.2) is 36.1 Å². The van der Waals surface area contributed by atoms with Crippen molar-refractivity contribution in [1.29, 1.82) is 0 Å². The zero-order valence-corrected chi connectivity index (χ0v) is 23.8. The van der Waals surface area contributed by atoms with E-state index in [0.29, 0.717) is 6.04 Å². The number of carbonyl (C=O) groups is 1. The van der Waals surface area contributed by atoms with Gasteiger partial charge in [0.15, 0.2) is 0 Å². The third-order valence-electron chi connectivity index (χ3n) is 7.22. The van der Waals surface area contributed by atoms with Crippen molar-refractivity contribution in [2.45, 2.75) is 137 Å². The Morgan fingerprint density at radius 2 is 1.23 bits per heavy atom. The lowest BCUT2D eigenvalue weighted by atomic mass is 10.0. The van der Waals surface area contributed by atoms with Gasteiger partial charge in [-0.2, -0.15) is 0 Å². The van der Waals surface area contributed by atoms with E-state index in [9.17, 15) is 4.39 Å². The third-order valence-corrected chi connectivity index (χ3v) is 7.22. The van der Waals surface area contributed by atoms with Gasteiger partial charge in [-0.25, -0.2) is 4.39 Å². The van der Waals surface area contributed by atoms with E-state index in [0.717, 1.165) is 18.9 Å². The van der Waals surface area contributed by atoms with E-state index >= 15 is 0 Å². The highest BCUT2D eigenvalue weighted by Gasteiger charge is 2.29. The van der Waals surface area contributed by atoms with E-state index < -0.39 is 5.97 Å². The highest BCUT2D eigenvalue weighted by atomic mass is 19.1. The normalized spacial score (nSPS) is 11.4. The lowest BCUT2D eigenvalue weighted by molar-refractivity contribution is -0.948. The Hall–Kier alpha value is -1.42. The summed E-state index contributed by atoms with van der Waals surface area (Å²) in [5.41, 5.74) is 1.15. The second kappa shape index (κ2) is 21.8. The summed E-state index contributed by atoms with van der Waals surface area (Å²) in [6.07, 6.45) is 20.0. The summed E-state index contributed by atoms with van der Waals surface area (Å²) < 4.78 is 14.8. The number of hydrogen-bond acceptors (Lipinski definition) is 2. The van der Waals surface area contributed by atoms with Crippen LogP contribution < -0.4 is 5.11 Å². The van der Waals surface area contributed by atoms with Gasteiger partial charge in [0, 0.05) is 5.97 Å². The van der Waals surface area contributed by atoms with Crippen molar-refractivity contribution in [3.05, 3.63) is 35.6 Å². The van der Waals surface area contributed by atoms with Crippen LogP contribution in [-0.2, 0) is 11.2 Å². The van der Waals surface area contributed by atoms with Crippen LogP contribution in [0.2, 0.25) is 0 Å². The van der Waals surface area contributed by atoms with Crippen LogP contribution in [0.3, 0.4) is 0 Å². The summed E-state index contributed by atoms with van der Waals surface area (Å²) in [6.45, 7) is 14.4. The fourth-order valence-electron chi connectivity index (χ4n) is 4.97. The van der Waals surface area contributed by atoms with Gasteiger partial charge >= 0.3 is 0 Å². The van der Waals surface area contributed by atoms with Gasteiger partial charge in [-0.3, -0.25) is 0 Å². The Kier molecular flexibility index (Phi) is 20.9. The smallest absolute Gasteiger partial charge is 0.123 e. The average molecular weight is 494 g/mol. The van der Waals surface area contributed by atoms with Crippen LogP contribution in [0.1, 0.15) is 130 Å². The molecule has 0 amide bonds. The van der Waals surface area contributed by atoms with E-state index in [-0.39, 0.29) is 5.82 Å². The van der Waals surface area contributed by atoms with Crippen LogP contribution in [0.5, 0.6) is 0 Å². The predicted octanol–water partition coefficient (Wildman–Crippen LogP) is 7.85. The van der Waals surface area contributed by atoms with Crippen LogP contribution >= 0.6 is 0 Å². The third kappa shape index (κ3) is 18.5. The van der Waals surface area contributed by atoms with Crippen molar-refractivity contribution < 1.29 is 18.8 Å². The standard InChI is InChI=1S/C29H53FN.C2H4O2/c1-5-7-9-11-13-16-23-31(27(3)4,24-17-14-12-10-8-6-2)25-18-15-20-28-21-19-22-29(30)26-28;1-2(3)4/h19,21-22,26-27H,5-18,20,23-25H2,1-4H3;1H3,(H,3,4)/q+1;/p-1. The quantitative estimate of drug-likeness (QED) is 0.137. The van der Waals surface area contributed by atoms with E-state index in [1.165, 1.54) is 114 Å². The predicted molar refractivity (Wildman–Crippen MR) is 147 cm³/mol. The van der Waals surface area contributed by atoms with Crippen molar-refractivity contribution in [3.63, 3.8) is 0 Å². The van der Waals surface area contributed by atoms with Gasteiger partial charge in [-0.15, -0.1) is 0 Å². The van der Waals surface area contributed by atoms with Crippen LogP contribution in [0.15, 0.2) is 24.3 Å². The minimum Gasteiger partial charge on any atom is -0.550 e. The molecule has 35 heavy (non-hydrogen) atoms. The van der Waals surface area contributed by atoms with Crippen LogP contribution in [0.4, 0.5) is 4.39 Å². The van der Waals surface area contributed by atoms with E-state index in [1.807, 2.05) is 6.07 Å². The minimum absolute atomic E-state index is 0.101. The van der Waals surface area contributed by atoms with E-state index in [2.05, 4.69) is 33.8 Å². The molecule has 0 fully saturated rings. The monoisotopic (exact) mass is 493 g/mol. The highest BCUT2D eigenvalue weighted by molar-refractivity contribution is 5.60. The Balaban J connectivity index is 0.00000267. The maximum atomic E-state index is 13.5. The molecule has 0 aliphatic rings. The maximum absolute atomic E-state index is 13.5. The second-order valence-electron chi connectivity index (χ2n) is 10.6. The fourth-order valence-corrected chi connectivity index (χ4v) is 4.97. The zero-order valence-electron chi connectivity index (χ0n) is 23.8. The van der Waals surface area contributed by atoms with Gasteiger partial charge in [0.2, 0.25) is 0 Å². The summed E-state index contributed by atoms with van der Waals surface area (Å²) in [5.74, 6) is -1.18. The molecule has 0 bridgehead atoms. The average Bonchev–Trinajstić information content (AvgIpc) is 2.80. The fraction of sp³-hybridized carbons (Fsp3) is 0.774. The summed E-state index contributed by atoms with van der Waals surface area (Å²) in [5, 5.41) is 8.89. The molecule has 1 aromatic rings. The molecule has 0 saturated carbocycles. The molecular weight excluding hydrogens is 437 g/mol. The molecule has 0 heterocycles. The second-order valence-corrected chi connectivity index (χ2v) is 10.6. The topological polar surface area (TPSA) is 40.1 Å². The van der Waals surface area contributed by atoms with Crippen molar-refractivity contribution in [2.75, 3.05) is 19.6 Å². The molecule has 0 unspecified atom stereocenters. The molecule has 0 saturated heterocycles. The van der Waals surface area contributed by atoms with Crippen molar-refractivity contribution in [1.82, 2.24) is 0 Å². The highest BCUT2D eigenvalue weighted by Crippen LogP contribution is 2.22. The number of nitrogens with zero attached hydrogens (tertiary/aromatic N) is 1. The number of carboxylic acid groups (broad SMARTS) is 1. The Labute approximate surface area is 217 Å². The number of carbonyl (C=O) groups excluding carboxylic acids is 1. The first-order chi connectivity index (χ1) is 16.8. The number of carboxylic acids is 1. The lowest BCUT2D eigenvalue weighted by Crippen LogP contribution is -2.55. The summed E-state index contributed by atoms with van der Waals surface area (Å²) >= 11 is 0. The number of aryl methyl sites for hydroxylation is 1. The Morgan fingerprint density at radius 3 is 1.66 bits per heavy atom. The number of aliphatic carboxylic acids is 1. The maximum Gasteiger partial charge on any atom is 0.123 e. The SMILES string of the molecule is CC(=O)[O-].CCCCCCCC[N+](CCCCCCCC)(CCCCc1cccc(F)c1)C(C)C. The molecule has 0 spiro atoms. The molecule has 0 radical (unpaired) electrons. The summed E-state index contributed by atoms with van der Waals surface area (Å²) in [7, 11) is 0. The van der Waals surface area contributed by atoms with Crippen LogP contribution in [0.25, 0.3) is 0 Å². The molecule has 1 rings (SSSR count). The van der Waals surface area contributed by atoms with E-state index in [4.69, 9.17) is 9.90 Å². The number of rotatable bonds is 20. The van der Waals surface area contributed by atoms with Crippen molar-refractivity contribution >= 4 is 5.97 Å². The first-order valence-corrected chi connectivity index (χ1v) is 14.5. The molecule has 0 aromatic heterocycles. The van der Waals surface area contributed by atoms with Gasteiger partial charge in [-0.1, -0.05) is 77.3 Å². The number of hydrogen-bond donors (Lipinski definition) is 0. The molecular formula is C31H56FNO2. The van der Waals surface area contributed by atoms with E-state index in [1.54, 1.807) is 12.1 Å². The van der Waals surface area contributed by atoms with Crippen LogP contribution in [0, 0.1) is 5.82 Å². The Morgan fingerprint density at radius 1 is 0.800 bits per heavy atom. The van der Waals surface area contributed by atoms with Gasteiger partial charge < -0.3 is 14.4 Å². The number of benzene rings is 1. The summed E-state index contributed by atoms with van der Waals surface area (Å²) in [4.78, 5) is 8.89. The molecule has 0 atom stereocenters. The molecule has 1 aromatic carbocycles. The largest absolute Gasteiger partial charge is 0.550 e. The zero-order chi connectivity index (χ0) is 26.4. The van der Waals surface area contributed by atoms with Gasteiger partial charge in [0.1, 0.15) is 5.82 Å². The van der Waals surface area contributed by atoms with Crippen molar-refractivity contribution in [3.8, 4) is 0 Å². The molecule has 0 N–H and O–H groups in total. The van der Waals surface area contributed by atoms with Gasteiger partial charge in [0.25, 0.3) is 0 Å². The molecule has 0 aliphatic heterocycles. The molecule has 0 aliphatic carbocycles. The first kappa shape index (κ1) is 33.6. The molecule has 3 nitrogen and oxygen atoms in total. The molecule has 4 heteroatoms. The minimum atomic E-state index is -1.08. The summed E-state index contributed by atoms with van der Waals surface area (Å²) in [6, 6.07) is 7.86. The lowest BCUT2D eigenvalue weighted by Gasteiger charge is -2.43. The Bertz CT molecular complexity index is 612. The van der Waals surface area contributed by atoms with Gasteiger partial charge in [-0.05, 0) is 83.4 Å². The van der Waals surface area contributed by atoms with Gasteiger partial charge in [0.05, 0.1) is 25.7 Å². The number of unbranched alkanes of at least 4 members (excludes halogenated alkanes) is 11. The number of halogens is 1. The van der Waals surface area contributed by atoms with Crippen molar-refractivity contribution in [2.24, 2.45) is 0 Å². The molecule has 204 valence electrons. The first-order valence-electron chi connectivity index (χ1n) is 14.5. The number of quaternary nitrogens is 1.